The molecule has 2 N–H and O–H groups in total. The van der Waals surface area contributed by atoms with E-state index in [1.165, 1.54) is 0 Å². The van der Waals surface area contributed by atoms with Crippen LogP contribution in [0.3, 0.4) is 0 Å². The van der Waals surface area contributed by atoms with Crippen molar-refractivity contribution < 1.29 is 14.3 Å². The number of nitrogen functional groups attached to an aromatic ring is 1. The van der Waals surface area contributed by atoms with Crippen molar-refractivity contribution in [1.82, 2.24) is 0 Å². The Balaban J connectivity index is 2.66. The molecule has 0 fully saturated rings. The summed E-state index contributed by atoms with van der Waals surface area (Å²) < 4.78 is 10.5. The van der Waals surface area contributed by atoms with Gasteiger partial charge < -0.3 is 15.2 Å². The zero-order valence-electron chi connectivity index (χ0n) is 11.2. The third kappa shape index (κ3) is 4.65. The van der Waals surface area contributed by atoms with Gasteiger partial charge in [-0.15, -0.1) is 0 Å². The third-order valence-corrected chi connectivity index (χ3v) is 2.40. The van der Waals surface area contributed by atoms with E-state index in [0.29, 0.717) is 36.1 Å². The molecule has 0 amide bonds. The van der Waals surface area contributed by atoms with Gasteiger partial charge in [0.1, 0.15) is 5.75 Å². The number of esters is 1. The predicted octanol–water partition coefficient (Wildman–Crippen LogP) is 2.87. The maximum Gasteiger partial charge on any atom is 0.338 e. The first-order valence-corrected chi connectivity index (χ1v) is 6.23. The molecule has 0 heterocycles. The number of nitrogens with two attached hydrogens (primary N) is 1. The fraction of sp³-hybridized carbons (Fsp3) is 0.500. The minimum atomic E-state index is -0.357. The monoisotopic (exact) mass is 251 g/mol. The van der Waals surface area contributed by atoms with E-state index in [0.717, 1.165) is 6.42 Å². The van der Waals surface area contributed by atoms with E-state index in [1.807, 2.05) is 6.92 Å². The zero-order valence-corrected chi connectivity index (χ0v) is 11.2. The molecule has 0 aliphatic heterocycles. The van der Waals surface area contributed by atoms with Crippen LogP contribution in [0.15, 0.2) is 18.2 Å². The number of ether oxygens (including phenoxy) is 2. The van der Waals surface area contributed by atoms with Crippen LogP contribution < -0.4 is 10.5 Å². The summed E-state index contributed by atoms with van der Waals surface area (Å²) >= 11 is 0. The third-order valence-electron chi connectivity index (χ3n) is 2.40. The Labute approximate surface area is 108 Å². The number of carbonyl (C=O) groups is 1. The molecule has 1 aromatic rings. The predicted molar refractivity (Wildman–Crippen MR) is 71.8 cm³/mol. The van der Waals surface area contributed by atoms with Crippen LogP contribution in [0.5, 0.6) is 5.75 Å². The molecule has 1 aromatic carbocycles. The summed E-state index contributed by atoms with van der Waals surface area (Å²) in [6, 6.07) is 4.94. The van der Waals surface area contributed by atoms with Crippen LogP contribution in [-0.2, 0) is 4.74 Å². The van der Waals surface area contributed by atoms with Gasteiger partial charge in [0.25, 0.3) is 0 Å². The van der Waals surface area contributed by atoms with E-state index in [4.69, 9.17) is 15.2 Å². The highest BCUT2D eigenvalue weighted by Gasteiger charge is 2.10. The van der Waals surface area contributed by atoms with Gasteiger partial charge in [0.15, 0.2) is 0 Å². The number of hydrogen-bond acceptors (Lipinski definition) is 4. The minimum absolute atomic E-state index is 0.357. The van der Waals surface area contributed by atoms with Crippen molar-refractivity contribution in [1.29, 1.82) is 0 Å². The second-order valence-electron chi connectivity index (χ2n) is 4.54. The SMILES string of the molecule is CCOc1cc(N)cc(C(=O)OCCC(C)C)c1. The second-order valence-corrected chi connectivity index (χ2v) is 4.54. The fourth-order valence-corrected chi connectivity index (χ4v) is 1.46. The average Bonchev–Trinajstić information content (AvgIpc) is 2.28. The number of anilines is 1. The first-order valence-electron chi connectivity index (χ1n) is 6.23. The van der Waals surface area contributed by atoms with E-state index in [2.05, 4.69) is 13.8 Å². The molecule has 0 atom stereocenters. The summed E-state index contributed by atoms with van der Waals surface area (Å²) in [4.78, 5) is 11.8. The van der Waals surface area contributed by atoms with E-state index in [-0.39, 0.29) is 5.97 Å². The van der Waals surface area contributed by atoms with Crippen molar-refractivity contribution in [2.24, 2.45) is 5.92 Å². The number of benzene rings is 1. The van der Waals surface area contributed by atoms with Gasteiger partial charge in [0, 0.05) is 11.8 Å². The van der Waals surface area contributed by atoms with Crippen LogP contribution in [0.2, 0.25) is 0 Å². The van der Waals surface area contributed by atoms with E-state index < -0.39 is 0 Å². The molecule has 0 saturated heterocycles. The molecule has 0 bridgehead atoms. The van der Waals surface area contributed by atoms with Gasteiger partial charge in [-0.05, 0) is 31.4 Å². The molecule has 0 aliphatic rings. The van der Waals surface area contributed by atoms with Crippen molar-refractivity contribution in [2.45, 2.75) is 27.2 Å². The second kappa shape index (κ2) is 6.89. The van der Waals surface area contributed by atoms with Gasteiger partial charge >= 0.3 is 5.97 Å². The Kier molecular flexibility index (Phi) is 5.49. The molecule has 0 aliphatic carbocycles. The maximum atomic E-state index is 11.8. The zero-order chi connectivity index (χ0) is 13.5. The van der Waals surface area contributed by atoms with Crippen LogP contribution in [0.4, 0.5) is 5.69 Å². The van der Waals surface area contributed by atoms with Gasteiger partial charge in [-0.2, -0.15) is 0 Å². The Hall–Kier alpha value is -1.71. The summed E-state index contributed by atoms with van der Waals surface area (Å²) in [7, 11) is 0. The largest absolute Gasteiger partial charge is 0.494 e. The standard InChI is InChI=1S/C14H21NO3/c1-4-17-13-8-11(7-12(15)9-13)14(16)18-6-5-10(2)3/h7-10H,4-6,15H2,1-3H3. The van der Waals surface area contributed by atoms with Crippen LogP contribution in [0, 0.1) is 5.92 Å². The van der Waals surface area contributed by atoms with E-state index in [1.54, 1.807) is 18.2 Å². The van der Waals surface area contributed by atoms with Crippen molar-refractivity contribution >= 4 is 11.7 Å². The molecule has 4 nitrogen and oxygen atoms in total. The molecule has 0 radical (unpaired) electrons. The van der Waals surface area contributed by atoms with Crippen molar-refractivity contribution in [2.75, 3.05) is 18.9 Å². The first-order chi connectivity index (χ1) is 8.52. The van der Waals surface area contributed by atoms with Crippen molar-refractivity contribution in [3.8, 4) is 5.75 Å². The summed E-state index contributed by atoms with van der Waals surface area (Å²) in [6.07, 6.45) is 0.854. The molecule has 0 spiro atoms. The van der Waals surface area contributed by atoms with Crippen LogP contribution >= 0.6 is 0 Å². The maximum absolute atomic E-state index is 11.8. The topological polar surface area (TPSA) is 61.5 Å². The van der Waals surface area contributed by atoms with E-state index >= 15 is 0 Å². The van der Waals surface area contributed by atoms with Gasteiger partial charge in [-0.1, -0.05) is 13.8 Å². The molecule has 100 valence electrons. The molecule has 4 heteroatoms. The number of rotatable bonds is 6. The highest BCUT2D eigenvalue weighted by Crippen LogP contribution is 2.19. The van der Waals surface area contributed by atoms with Crippen molar-refractivity contribution in [3.63, 3.8) is 0 Å². The summed E-state index contributed by atoms with van der Waals surface area (Å²) in [5.41, 5.74) is 6.65. The fourth-order valence-electron chi connectivity index (χ4n) is 1.46. The molecule has 0 unspecified atom stereocenters. The molecular formula is C14H21NO3. The number of hydrogen-bond donors (Lipinski definition) is 1. The Morgan fingerprint density at radius 3 is 2.67 bits per heavy atom. The minimum Gasteiger partial charge on any atom is -0.494 e. The van der Waals surface area contributed by atoms with E-state index in [9.17, 15) is 4.79 Å². The highest BCUT2D eigenvalue weighted by atomic mass is 16.5. The van der Waals surface area contributed by atoms with Gasteiger partial charge in [0.05, 0.1) is 18.8 Å². The summed E-state index contributed by atoms with van der Waals surface area (Å²) in [6.45, 7) is 7.01. The Morgan fingerprint density at radius 2 is 2.06 bits per heavy atom. The van der Waals surface area contributed by atoms with Gasteiger partial charge in [-0.3, -0.25) is 0 Å². The lowest BCUT2D eigenvalue weighted by Crippen LogP contribution is -2.09. The van der Waals surface area contributed by atoms with Gasteiger partial charge in [-0.25, -0.2) is 4.79 Å². The Morgan fingerprint density at radius 1 is 1.33 bits per heavy atom. The normalized spacial score (nSPS) is 10.4. The Bertz CT molecular complexity index is 402. The molecule has 18 heavy (non-hydrogen) atoms. The van der Waals surface area contributed by atoms with Crippen LogP contribution in [0.25, 0.3) is 0 Å². The average molecular weight is 251 g/mol. The lowest BCUT2D eigenvalue weighted by molar-refractivity contribution is 0.0487. The molecule has 1 rings (SSSR count). The number of carbonyl (C=O) groups excluding carboxylic acids is 1. The lowest BCUT2D eigenvalue weighted by Gasteiger charge is -2.09. The lowest BCUT2D eigenvalue weighted by atomic mass is 10.1. The molecule has 0 saturated carbocycles. The summed E-state index contributed by atoms with van der Waals surface area (Å²) in [5.74, 6) is 0.745. The quantitative estimate of drug-likeness (QED) is 0.623. The summed E-state index contributed by atoms with van der Waals surface area (Å²) in [5, 5.41) is 0. The first kappa shape index (κ1) is 14.4. The van der Waals surface area contributed by atoms with Gasteiger partial charge in [0.2, 0.25) is 0 Å². The van der Waals surface area contributed by atoms with Crippen LogP contribution in [0.1, 0.15) is 37.6 Å². The highest BCUT2D eigenvalue weighted by molar-refractivity contribution is 5.91. The smallest absolute Gasteiger partial charge is 0.338 e. The van der Waals surface area contributed by atoms with Crippen LogP contribution in [-0.4, -0.2) is 19.2 Å². The molecule has 0 aromatic heterocycles. The van der Waals surface area contributed by atoms with Crippen molar-refractivity contribution in [3.05, 3.63) is 23.8 Å². The molecular weight excluding hydrogens is 230 g/mol.